The molecule has 0 bridgehead atoms. The first-order valence-corrected chi connectivity index (χ1v) is 7.51. The highest BCUT2D eigenvalue weighted by atomic mass is 35.5. The summed E-state index contributed by atoms with van der Waals surface area (Å²) in [6.07, 6.45) is -0.546. The third-order valence-corrected chi connectivity index (χ3v) is 4.19. The second-order valence-corrected chi connectivity index (χ2v) is 5.55. The molecule has 3 rings (SSSR count). The number of nitrogens with zero attached hydrogens (tertiary/aromatic N) is 2. The van der Waals surface area contributed by atoms with E-state index < -0.39 is 11.1 Å². The maximum atomic E-state index is 12.7. The number of hydrogen-bond donors (Lipinski definition) is 1. The van der Waals surface area contributed by atoms with Crippen LogP contribution < -0.4 is 5.32 Å². The van der Waals surface area contributed by atoms with Crippen molar-refractivity contribution in [1.82, 2.24) is 4.90 Å². The van der Waals surface area contributed by atoms with E-state index >= 15 is 0 Å². The fraction of sp³-hybridized carbons (Fsp3) is 0.188. The lowest BCUT2D eigenvalue weighted by molar-refractivity contribution is -0.384. The Hall–Kier alpha value is -2.60. The topological polar surface area (TPSA) is 75.5 Å². The molecule has 0 radical (unpaired) electrons. The zero-order valence-corrected chi connectivity index (χ0v) is 13.1. The lowest BCUT2D eigenvalue weighted by Crippen LogP contribution is -2.42. The van der Waals surface area contributed by atoms with Gasteiger partial charge in [0.15, 0.2) is 0 Å². The number of hydrogen-bond acceptors (Lipinski definition) is 4. The van der Waals surface area contributed by atoms with E-state index in [1.54, 1.807) is 23.1 Å². The van der Waals surface area contributed by atoms with Gasteiger partial charge in [0.2, 0.25) is 0 Å². The molecule has 1 aliphatic rings. The number of halogens is 1. The Labute approximate surface area is 137 Å². The number of nitrogens with one attached hydrogen (secondary N) is 1. The Morgan fingerprint density at radius 1 is 1.30 bits per heavy atom. The lowest BCUT2D eigenvalue weighted by atomic mass is 10.0. The van der Waals surface area contributed by atoms with Crippen LogP contribution in [-0.2, 0) is 0 Å². The molecule has 1 heterocycles. The maximum Gasteiger partial charge on any atom is 0.269 e. The predicted molar refractivity (Wildman–Crippen MR) is 87.6 cm³/mol. The molecule has 1 amide bonds. The summed E-state index contributed by atoms with van der Waals surface area (Å²) in [4.78, 5) is 24.8. The summed E-state index contributed by atoms with van der Waals surface area (Å²) in [6.45, 7) is 2.30. The molecular formula is C16H14ClN3O3. The van der Waals surface area contributed by atoms with Crippen LogP contribution in [0.15, 0.2) is 42.5 Å². The molecule has 118 valence electrons. The molecular weight excluding hydrogens is 318 g/mol. The quantitative estimate of drug-likeness (QED) is 0.685. The number of carbonyl (C=O) groups is 1. The van der Waals surface area contributed by atoms with Gasteiger partial charge in [0.25, 0.3) is 11.6 Å². The van der Waals surface area contributed by atoms with Crippen LogP contribution in [0.3, 0.4) is 0 Å². The van der Waals surface area contributed by atoms with Crippen molar-refractivity contribution in [2.24, 2.45) is 0 Å². The Balaban J connectivity index is 2.11. The van der Waals surface area contributed by atoms with Crippen LogP contribution in [0.5, 0.6) is 0 Å². The molecule has 1 unspecified atom stereocenters. The summed E-state index contributed by atoms with van der Waals surface area (Å²) in [5.74, 6) is -0.130. The smallest absolute Gasteiger partial charge is 0.269 e. The fourth-order valence-corrected chi connectivity index (χ4v) is 2.94. The van der Waals surface area contributed by atoms with Crippen LogP contribution in [0.4, 0.5) is 11.4 Å². The van der Waals surface area contributed by atoms with Gasteiger partial charge in [0, 0.05) is 35.0 Å². The minimum atomic E-state index is -0.546. The number of nitro groups is 1. The van der Waals surface area contributed by atoms with Gasteiger partial charge < -0.3 is 10.2 Å². The zero-order valence-electron chi connectivity index (χ0n) is 12.3. The van der Waals surface area contributed by atoms with Gasteiger partial charge in [-0.15, -0.1) is 0 Å². The molecule has 1 N–H and O–H groups in total. The average molecular weight is 332 g/mol. The van der Waals surface area contributed by atoms with E-state index in [0.717, 1.165) is 0 Å². The second kappa shape index (κ2) is 5.89. The average Bonchev–Trinajstić information content (AvgIpc) is 2.55. The normalized spacial score (nSPS) is 16.7. The molecule has 0 saturated heterocycles. The Morgan fingerprint density at radius 2 is 2.04 bits per heavy atom. The summed E-state index contributed by atoms with van der Waals surface area (Å²) < 4.78 is 0. The van der Waals surface area contributed by atoms with E-state index in [9.17, 15) is 14.9 Å². The number of carbonyl (C=O) groups excluding carboxylic acids is 1. The van der Waals surface area contributed by atoms with Crippen LogP contribution in [0, 0.1) is 10.1 Å². The monoisotopic (exact) mass is 331 g/mol. The van der Waals surface area contributed by atoms with Crippen molar-refractivity contribution in [2.75, 3.05) is 11.9 Å². The van der Waals surface area contributed by atoms with Crippen molar-refractivity contribution in [3.8, 4) is 0 Å². The summed E-state index contributed by atoms with van der Waals surface area (Å²) in [5, 5.41) is 14.6. The van der Waals surface area contributed by atoms with E-state index in [4.69, 9.17) is 11.6 Å². The number of rotatable bonds is 3. The molecule has 2 aromatic rings. The molecule has 23 heavy (non-hydrogen) atoms. The Morgan fingerprint density at radius 3 is 2.74 bits per heavy atom. The van der Waals surface area contributed by atoms with Crippen molar-refractivity contribution in [2.45, 2.75) is 13.1 Å². The minimum Gasteiger partial charge on any atom is -0.361 e. The number of nitro benzene ring substituents is 1. The molecule has 0 fully saturated rings. The zero-order chi connectivity index (χ0) is 16.6. The molecule has 6 nitrogen and oxygen atoms in total. The van der Waals surface area contributed by atoms with Gasteiger partial charge in [-0.3, -0.25) is 14.9 Å². The summed E-state index contributed by atoms with van der Waals surface area (Å²) in [6, 6.07) is 11.4. The number of amides is 1. The summed E-state index contributed by atoms with van der Waals surface area (Å²) >= 11 is 6.23. The van der Waals surface area contributed by atoms with Gasteiger partial charge in [-0.1, -0.05) is 23.7 Å². The van der Waals surface area contributed by atoms with Crippen LogP contribution in [0.2, 0.25) is 5.02 Å². The molecule has 1 aliphatic heterocycles. The predicted octanol–water partition coefficient (Wildman–Crippen LogP) is 3.83. The number of para-hydroxylation sites is 1. The number of non-ortho nitro benzene ring substituents is 1. The molecule has 0 aromatic heterocycles. The highest BCUT2D eigenvalue weighted by Gasteiger charge is 2.33. The van der Waals surface area contributed by atoms with E-state index in [1.165, 1.54) is 18.2 Å². The van der Waals surface area contributed by atoms with Crippen LogP contribution in [0.25, 0.3) is 0 Å². The molecule has 0 spiro atoms. The van der Waals surface area contributed by atoms with E-state index in [-0.39, 0.29) is 11.6 Å². The number of benzene rings is 2. The number of fused-ring (bicyclic) bond motifs is 1. The van der Waals surface area contributed by atoms with Gasteiger partial charge in [0.05, 0.1) is 10.5 Å². The van der Waals surface area contributed by atoms with E-state index in [1.807, 2.05) is 13.0 Å². The molecule has 0 aliphatic carbocycles. The van der Waals surface area contributed by atoms with Crippen LogP contribution in [0.1, 0.15) is 29.0 Å². The largest absolute Gasteiger partial charge is 0.361 e. The third-order valence-electron chi connectivity index (χ3n) is 3.85. The molecule has 2 aromatic carbocycles. The second-order valence-electron chi connectivity index (χ2n) is 5.15. The molecule has 7 heteroatoms. The highest BCUT2D eigenvalue weighted by molar-refractivity contribution is 6.31. The third kappa shape index (κ3) is 2.61. The van der Waals surface area contributed by atoms with Crippen LogP contribution in [-0.4, -0.2) is 22.3 Å². The van der Waals surface area contributed by atoms with Crippen LogP contribution >= 0.6 is 11.6 Å². The Kier molecular flexibility index (Phi) is 3.92. The van der Waals surface area contributed by atoms with Crippen molar-refractivity contribution in [1.29, 1.82) is 0 Å². The molecule has 0 saturated carbocycles. The SMILES string of the molecule is CCN1C(=O)c2ccccc2NC1c1cc([N+](=O)[O-])ccc1Cl. The van der Waals surface area contributed by atoms with Crippen molar-refractivity contribution < 1.29 is 9.72 Å². The van der Waals surface area contributed by atoms with Gasteiger partial charge in [-0.2, -0.15) is 0 Å². The molecule has 1 atom stereocenters. The first kappa shape index (κ1) is 15.3. The summed E-state index contributed by atoms with van der Waals surface area (Å²) in [5.41, 5.74) is 1.71. The standard InChI is InChI=1S/C16H14ClN3O3/c1-2-19-15(12-9-10(20(22)23)7-8-13(12)17)18-14-6-4-3-5-11(14)16(19)21/h3-9,15,18H,2H2,1H3. The number of anilines is 1. The van der Waals surface area contributed by atoms with Crippen molar-refractivity contribution in [3.63, 3.8) is 0 Å². The lowest BCUT2D eigenvalue weighted by Gasteiger charge is -2.37. The summed E-state index contributed by atoms with van der Waals surface area (Å²) in [7, 11) is 0. The van der Waals surface area contributed by atoms with Gasteiger partial charge in [-0.25, -0.2) is 0 Å². The maximum absolute atomic E-state index is 12.7. The van der Waals surface area contributed by atoms with E-state index in [2.05, 4.69) is 5.32 Å². The fourth-order valence-electron chi connectivity index (χ4n) is 2.72. The highest BCUT2D eigenvalue weighted by Crippen LogP contribution is 2.36. The van der Waals surface area contributed by atoms with Crippen molar-refractivity contribution >= 4 is 28.9 Å². The van der Waals surface area contributed by atoms with Gasteiger partial charge in [0.1, 0.15) is 6.17 Å². The van der Waals surface area contributed by atoms with Crippen molar-refractivity contribution in [3.05, 3.63) is 68.7 Å². The van der Waals surface area contributed by atoms with Gasteiger partial charge in [-0.05, 0) is 25.1 Å². The Bertz CT molecular complexity index is 794. The van der Waals surface area contributed by atoms with E-state index in [0.29, 0.717) is 28.4 Å². The first-order chi connectivity index (χ1) is 11.0. The minimum absolute atomic E-state index is 0.0615. The van der Waals surface area contributed by atoms with Gasteiger partial charge >= 0.3 is 0 Å². The first-order valence-electron chi connectivity index (χ1n) is 7.13.